The monoisotopic (exact) mass is 392 g/mol. The Morgan fingerprint density at radius 2 is 1.86 bits per heavy atom. The number of aliphatic hydroxyl groups is 1. The van der Waals surface area contributed by atoms with Crippen molar-refractivity contribution in [2.45, 2.75) is 46.3 Å². The van der Waals surface area contributed by atoms with Crippen molar-refractivity contribution in [3.05, 3.63) is 24.3 Å². The second-order valence-electron chi connectivity index (χ2n) is 7.77. The lowest BCUT2D eigenvalue weighted by atomic mass is 9.90. The first-order chi connectivity index (χ1) is 13.2. The van der Waals surface area contributed by atoms with Crippen LogP contribution in [0, 0.1) is 11.8 Å². The van der Waals surface area contributed by atoms with E-state index >= 15 is 0 Å². The third kappa shape index (κ3) is 5.38. The van der Waals surface area contributed by atoms with Crippen LogP contribution in [0.5, 0.6) is 5.75 Å². The average molecular weight is 392 g/mol. The van der Waals surface area contributed by atoms with Crippen molar-refractivity contribution in [3.8, 4) is 5.75 Å². The molecule has 0 spiro atoms. The molecule has 1 saturated heterocycles. The summed E-state index contributed by atoms with van der Waals surface area (Å²) >= 11 is 0. The van der Waals surface area contributed by atoms with Crippen molar-refractivity contribution in [2.75, 3.05) is 31.1 Å². The van der Waals surface area contributed by atoms with Gasteiger partial charge < -0.3 is 24.7 Å². The number of benzene rings is 1. The second-order valence-corrected chi connectivity index (χ2v) is 7.77. The van der Waals surface area contributed by atoms with Gasteiger partial charge in [0.05, 0.1) is 12.5 Å². The third-order valence-corrected chi connectivity index (χ3v) is 5.10. The van der Waals surface area contributed by atoms with Crippen molar-refractivity contribution < 1.29 is 24.5 Å². The van der Waals surface area contributed by atoms with Gasteiger partial charge in [0.2, 0.25) is 5.91 Å². The molecule has 0 radical (unpaired) electrons. The van der Waals surface area contributed by atoms with E-state index < -0.39 is 18.0 Å². The summed E-state index contributed by atoms with van der Waals surface area (Å²) < 4.78 is 5.47. The van der Waals surface area contributed by atoms with E-state index in [4.69, 9.17) is 4.74 Å². The molecule has 1 fully saturated rings. The van der Waals surface area contributed by atoms with Gasteiger partial charge in [0.25, 0.3) is 0 Å². The zero-order valence-corrected chi connectivity index (χ0v) is 17.2. The number of piperazine rings is 1. The molecule has 1 aromatic carbocycles. The Kier molecular flexibility index (Phi) is 7.69. The molecule has 0 aliphatic carbocycles. The minimum absolute atomic E-state index is 0.0801. The van der Waals surface area contributed by atoms with Crippen LogP contribution in [0.4, 0.5) is 5.69 Å². The fourth-order valence-electron chi connectivity index (χ4n) is 3.70. The van der Waals surface area contributed by atoms with E-state index in [1.54, 1.807) is 4.90 Å². The number of amides is 1. The van der Waals surface area contributed by atoms with Crippen LogP contribution in [0.2, 0.25) is 0 Å². The van der Waals surface area contributed by atoms with Crippen LogP contribution in [-0.2, 0) is 9.59 Å². The molecule has 0 bridgehead atoms. The molecule has 1 aromatic rings. The highest BCUT2D eigenvalue weighted by Gasteiger charge is 2.38. The van der Waals surface area contributed by atoms with E-state index in [1.165, 1.54) is 0 Å². The summed E-state index contributed by atoms with van der Waals surface area (Å²) in [6.45, 7) is 10.2. The van der Waals surface area contributed by atoms with E-state index in [0.29, 0.717) is 32.7 Å². The predicted molar refractivity (Wildman–Crippen MR) is 108 cm³/mol. The lowest BCUT2D eigenvalue weighted by Gasteiger charge is -2.42. The number of anilines is 1. The number of ether oxygens (including phenoxy) is 1. The van der Waals surface area contributed by atoms with Crippen LogP contribution in [0.1, 0.15) is 34.1 Å². The number of carboxylic acids is 1. The quantitative estimate of drug-likeness (QED) is 0.705. The van der Waals surface area contributed by atoms with Crippen molar-refractivity contribution in [1.82, 2.24) is 4.90 Å². The topological polar surface area (TPSA) is 90.3 Å². The molecule has 2 N–H and O–H groups in total. The number of hydrogen-bond donors (Lipinski definition) is 2. The zero-order valence-electron chi connectivity index (χ0n) is 17.2. The minimum Gasteiger partial charge on any atom is -0.494 e. The minimum atomic E-state index is -1.67. The maximum Gasteiger partial charge on any atom is 0.333 e. The van der Waals surface area contributed by atoms with Crippen molar-refractivity contribution in [3.63, 3.8) is 0 Å². The first-order valence-corrected chi connectivity index (χ1v) is 9.93. The molecule has 2 rings (SSSR count). The molecule has 0 saturated carbocycles. The third-order valence-electron chi connectivity index (χ3n) is 5.10. The Morgan fingerprint density at radius 1 is 1.21 bits per heavy atom. The first-order valence-electron chi connectivity index (χ1n) is 9.93. The molecule has 1 amide bonds. The average Bonchev–Trinajstić information content (AvgIpc) is 2.65. The number of carbonyl (C=O) groups excluding carboxylic acids is 1. The Labute approximate surface area is 166 Å². The second kappa shape index (κ2) is 9.78. The van der Waals surface area contributed by atoms with Crippen LogP contribution >= 0.6 is 0 Å². The van der Waals surface area contributed by atoms with Gasteiger partial charge in [0.15, 0.2) is 6.10 Å². The molecule has 1 aliphatic rings. The van der Waals surface area contributed by atoms with Gasteiger partial charge in [0, 0.05) is 31.4 Å². The van der Waals surface area contributed by atoms with Crippen molar-refractivity contribution in [2.24, 2.45) is 11.8 Å². The van der Waals surface area contributed by atoms with Crippen LogP contribution in [0.25, 0.3) is 0 Å². The summed E-state index contributed by atoms with van der Waals surface area (Å²) in [7, 11) is 0. The van der Waals surface area contributed by atoms with Gasteiger partial charge in [-0.1, -0.05) is 13.8 Å². The summed E-state index contributed by atoms with van der Waals surface area (Å²) in [6.07, 6.45) is -1.33. The zero-order chi connectivity index (χ0) is 20.8. The van der Waals surface area contributed by atoms with Crippen molar-refractivity contribution >= 4 is 17.6 Å². The summed E-state index contributed by atoms with van der Waals surface area (Å²) in [4.78, 5) is 28.2. The van der Waals surface area contributed by atoms with Crippen LogP contribution < -0.4 is 9.64 Å². The van der Waals surface area contributed by atoms with E-state index in [-0.39, 0.29) is 17.9 Å². The van der Waals surface area contributed by atoms with Crippen molar-refractivity contribution in [1.29, 1.82) is 0 Å². The lowest BCUT2D eigenvalue weighted by Crippen LogP contribution is -2.57. The highest BCUT2D eigenvalue weighted by atomic mass is 16.5. The van der Waals surface area contributed by atoms with E-state index in [9.17, 15) is 19.8 Å². The Hall–Kier alpha value is -2.28. The fraction of sp³-hybridized carbons (Fsp3) is 0.619. The van der Waals surface area contributed by atoms with Crippen LogP contribution in [0.15, 0.2) is 24.3 Å². The summed E-state index contributed by atoms with van der Waals surface area (Å²) in [5.74, 6) is -1.60. The normalized spacial score (nSPS) is 19.4. The highest BCUT2D eigenvalue weighted by molar-refractivity contribution is 5.86. The van der Waals surface area contributed by atoms with Gasteiger partial charge in [-0.2, -0.15) is 0 Å². The largest absolute Gasteiger partial charge is 0.494 e. The molecular formula is C21H32N2O5. The van der Waals surface area contributed by atoms with E-state index in [2.05, 4.69) is 4.90 Å². The predicted octanol–water partition coefficient (Wildman–Crippen LogP) is 2.23. The molecule has 28 heavy (non-hydrogen) atoms. The molecule has 0 unspecified atom stereocenters. The fourth-order valence-corrected chi connectivity index (χ4v) is 3.70. The number of carboxylic acid groups (broad SMARTS) is 1. The standard InChI is InChI=1S/C21H32N2O5/c1-5-28-17-8-6-16(7-9-17)22-10-11-23(15(4)13-22)20(25)18(12-14(2)3)19(24)21(26)27/h6-9,14-15,18-19,24H,5,10-13H2,1-4H3,(H,26,27)/t15-,18+,19+/m1/s1. The molecule has 1 aliphatic heterocycles. The highest BCUT2D eigenvalue weighted by Crippen LogP contribution is 2.25. The summed E-state index contributed by atoms with van der Waals surface area (Å²) in [6, 6.07) is 7.80. The lowest BCUT2D eigenvalue weighted by molar-refractivity contribution is -0.158. The van der Waals surface area contributed by atoms with Gasteiger partial charge in [-0.25, -0.2) is 4.79 Å². The van der Waals surface area contributed by atoms with Crippen LogP contribution in [-0.4, -0.2) is 65.4 Å². The maximum atomic E-state index is 13.0. The van der Waals surface area contributed by atoms with Gasteiger partial charge in [-0.05, 0) is 50.5 Å². The number of nitrogens with zero attached hydrogens (tertiary/aromatic N) is 2. The molecule has 0 aromatic heterocycles. The summed E-state index contributed by atoms with van der Waals surface area (Å²) in [5.41, 5.74) is 1.06. The number of aliphatic hydroxyl groups excluding tert-OH is 1. The maximum absolute atomic E-state index is 13.0. The molecule has 7 nitrogen and oxygen atoms in total. The summed E-state index contributed by atoms with van der Waals surface area (Å²) in [5, 5.41) is 19.2. The number of rotatable bonds is 8. The number of carbonyl (C=O) groups is 2. The Balaban J connectivity index is 2.06. The molecule has 3 atom stereocenters. The molecule has 7 heteroatoms. The molecule has 1 heterocycles. The number of hydrogen-bond acceptors (Lipinski definition) is 5. The smallest absolute Gasteiger partial charge is 0.333 e. The van der Waals surface area contributed by atoms with Gasteiger partial charge >= 0.3 is 5.97 Å². The SMILES string of the molecule is CCOc1ccc(N2CCN(C(=O)[C@@H](CC(C)C)[C@H](O)C(=O)O)[C@H](C)C2)cc1. The van der Waals surface area contributed by atoms with E-state index in [0.717, 1.165) is 11.4 Å². The van der Waals surface area contributed by atoms with Gasteiger partial charge in [0.1, 0.15) is 5.75 Å². The first kappa shape index (κ1) is 22.0. The Morgan fingerprint density at radius 3 is 2.36 bits per heavy atom. The Bertz CT molecular complexity index is 661. The number of aliphatic carboxylic acids is 1. The molecular weight excluding hydrogens is 360 g/mol. The van der Waals surface area contributed by atoms with Gasteiger partial charge in [-0.3, -0.25) is 4.79 Å². The molecule has 156 valence electrons. The van der Waals surface area contributed by atoms with Crippen LogP contribution in [0.3, 0.4) is 0 Å². The van der Waals surface area contributed by atoms with Gasteiger partial charge in [-0.15, -0.1) is 0 Å². The van der Waals surface area contributed by atoms with E-state index in [1.807, 2.05) is 52.0 Å².